The molecule has 0 spiro atoms. The predicted octanol–water partition coefficient (Wildman–Crippen LogP) is 4.70. The summed E-state index contributed by atoms with van der Waals surface area (Å²) in [6, 6.07) is 5.20. The number of nitrogens with one attached hydrogen (secondary N) is 1. The Bertz CT molecular complexity index is 379. The number of rotatable bonds is 6. The molecule has 0 amide bonds. The number of hydrogen-bond acceptors (Lipinski definition) is 1. The first kappa shape index (κ1) is 15.2. The topological polar surface area (TPSA) is 12.0 Å². The fraction of sp³-hybridized carbons (Fsp3) is 0.647. The number of hydrogen-bond donors (Lipinski definition) is 1. The van der Waals surface area contributed by atoms with Crippen LogP contribution in [0.5, 0.6) is 0 Å². The Labute approximate surface area is 113 Å². The van der Waals surface area contributed by atoms with E-state index < -0.39 is 0 Å². The summed E-state index contributed by atoms with van der Waals surface area (Å²) in [5.41, 5.74) is 5.71. The molecule has 1 N–H and O–H groups in total. The van der Waals surface area contributed by atoms with E-state index >= 15 is 0 Å². The van der Waals surface area contributed by atoms with Crippen LogP contribution in [0.3, 0.4) is 0 Å². The van der Waals surface area contributed by atoms with Crippen molar-refractivity contribution in [3.8, 4) is 0 Å². The Morgan fingerprint density at radius 2 is 1.61 bits per heavy atom. The third kappa shape index (κ3) is 4.13. The monoisotopic (exact) mass is 247 g/mol. The van der Waals surface area contributed by atoms with Crippen LogP contribution in [0.2, 0.25) is 0 Å². The minimum atomic E-state index is 0.504. The van der Waals surface area contributed by atoms with Gasteiger partial charge in [0, 0.05) is 6.04 Å². The molecule has 18 heavy (non-hydrogen) atoms. The molecule has 1 atom stereocenters. The average Bonchev–Trinajstić information content (AvgIpc) is 2.29. The highest BCUT2D eigenvalue weighted by Crippen LogP contribution is 2.26. The smallest absolute Gasteiger partial charge is 0.0325 e. The van der Waals surface area contributed by atoms with Crippen LogP contribution in [-0.4, -0.2) is 6.54 Å². The summed E-state index contributed by atoms with van der Waals surface area (Å²) < 4.78 is 0. The van der Waals surface area contributed by atoms with Crippen LogP contribution in [0, 0.1) is 26.7 Å². The fourth-order valence-electron chi connectivity index (χ4n) is 2.47. The van der Waals surface area contributed by atoms with E-state index in [1.54, 1.807) is 0 Å². The van der Waals surface area contributed by atoms with Crippen molar-refractivity contribution in [2.45, 2.75) is 60.4 Å². The lowest BCUT2D eigenvalue weighted by Gasteiger charge is -2.24. The molecule has 0 heterocycles. The fourth-order valence-corrected chi connectivity index (χ4v) is 2.47. The maximum Gasteiger partial charge on any atom is 0.0325 e. The third-order valence-electron chi connectivity index (χ3n) is 3.61. The van der Waals surface area contributed by atoms with Crippen LogP contribution in [0.15, 0.2) is 12.1 Å². The van der Waals surface area contributed by atoms with Gasteiger partial charge in [0.2, 0.25) is 0 Å². The van der Waals surface area contributed by atoms with E-state index in [0.29, 0.717) is 6.04 Å². The maximum atomic E-state index is 3.70. The largest absolute Gasteiger partial charge is 0.310 e. The van der Waals surface area contributed by atoms with Gasteiger partial charge in [0.05, 0.1) is 0 Å². The maximum absolute atomic E-state index is 3.70. The highest BCUT2D eigenvalue weighted by molar-refractivity contribution is 5.38. The Hall–Kier alpha value is -0.820. The molecule has 1 aromatic rings. The second-order valence-electron chi connectivity index (χ2n) is 5.93. The first-order chi connectivity index (χ1) is 8.45. The van der Waals surface area contributed by atoms with Gasteiger partial charge in [-0.05, 0) is 68.3 Å². The van der Waals surface area contributed by atoms with Crippen molar-refractivity contribution in [2.75, 3.05) is 6.54 Å². The Kier molecular flexibility index (Phi) is 5.87. The van der Waals surface area contributed by atoms with E-state index in [1.807, 2.05) is 0 Å². The molecule has 0 radical (unpaired) electrons. The first-order valence-corrected chi connectivity index (χ1v) is 7.26. The SMILES string of the molecule is CCCNC(CC(C)C)c1cc(C)c(C)cc1C. The van der Waals surface area contributed by atoms with E-state index in [1.165, 1.54) is 35.1 Å². The highest BCUT2D eigenvalue weighted by atomic mass is 14.9. The molecule has 0 aliphatic carbocycles. The van der Waals surface area contributed by atoms with Crippen LogP contribution in [0.4, 0.5) is 0 Å². The van der Waals surface area contributed by atoms with Gasteiger partial charge in [-0.2, -0.15) is 0 Å². The van der Waals surface area contributed by atoms with Gasteiger partial charge in [0.1, 0.15) is 0 Å². The second-order valence-corrected chi connectivity index (χ2v) is 5.93. The van der Waals surface area contributed by atoms with Gasteiger partial charge in [-0.3, -0.25) is 0 Å². The Balaban J connectivity index is 2.99. The van der Waals surface area contributed by atoms with Gasteiger partial charge in [0.15, 0.2) is 0 Å². The normalized spacial score (nSPS) is 13.1. The lowest BCUT2D eigenvalue weighted by Crippen LogP contribution is -2.24. The van der Waals surface area contributed by atoms with Crippen molar-refractivity contribution in [1.29, 1.82) is 0 Å². The van der Waals surface area contributed by atoms with Crippen molar-refractivity contribution in [1.82, 2.24) is 5.32 Å². The molecule has 1 unspecified atom stereocenters. The summed E-state index contributed by atoms with van der Waals surface area (Å²) in [5, 5.41) is 3.70. The molecule has 0 aliphatic rings. The molecule has 102 valence electrons. The van der Waals surface area contributed by atoms with E-state index in [9.17, 15) is 0 Å². The number of aryl methyl sites for hydroxylation is 3. The zero-order valence-electron chi connectivity index (χ0n) is 12.9. The van der Waals surface area contributed by atoms with Crippen LogP contribution < -0.4 is 5.32 Å². The first-order valence-electron chi connectivity index (χ1n) is 7.26. The van der Waals surface area contributed by atoms with Gasteiger partial charge in [-0.1, -0.05) is 32.9 Å². The molecule has 1 aromatic carbocycles. The summed E-state index contributed by atoms with van der Waals surface area (Å²) in [5.74, 6) is 0.723. The summed E-state index contributed by atoms with van der Waals surface area (Å²) in [6.07, 6.45) is 2.40. The highest BCUT2D eigenvalue weighted by Gasteiger charge is 2.15. The van der Waals surface area contributed by atoms with E-state index in [4.69, 9.17) is 0 Å². The van der Waals surface area contributed by atoms with Crippen molar-refractivity contribution in [2.24, 2.45) is 5.92 Å². The molecule has 1 rings (SSSR count). The molecule has 0 saturated heterocycles. The molecule has 0 aliphatic heterocycles. The Morgan fingerprint density at radius 1 is 1.00 bits per heavy atom. The van der Waals surface area contributed by atoms with Crippen molar-refractivity contribution >= 4 is 0 Å². The van der Waals surface area contributed by atoms with Crippen molar-refractivity contribution < 1.29 is 0 Å². The van der Waals surface area contributed by atoms with Crippen LogP contribution in [0.25, 0.3) is 0 Å². The molecule has 0 aromatic heterocycles. The van der Waals surface area contributed by atoms with Gasteiger partial charge >= 0.3 is 0 Å². The van der Waals surface area contributed by atoms with E-state index in [2.05, 4.69) is 59.0 Å². The molecule has 0 fully saturated rings. The van der Waals surface area contributed by atoms with Gasteiger partial charge in [-0.25, -0.2) is 0 Å². The van der Waals surface area contributed by atoms with Crippen molar-refractivity contribution in [3.05, 3.63) is 34.4 Å². The lowest BCUT2D eigenvalue weighted by atomic mass is 9.91. The molecule has 1 heteroatoms. The van der Waals surface area contributed by atoms with Crippen molar-refractivity contribution in [3.63, 3.8) is 0 Å². The molecule has 0 saturated carbocycles. The zero-order valence-corrected chi connectivity index (χ0v) is 12.9. The van der Waals surface area contributed by atoms with Gasteiger partial charge in [-0.15, -0.1) is 0 Å². The minimum Gasteiger partial charge on any atom is -0.310 e. The third-order valence-corrected chi connectivity index (χ3v) is 3.61. The molecule has 0 bridgehead atoms. The number of benzene rings is 1. The van der Waals surface area contributed by atoms with Crippen LogP contribution in [-0.2, 0) is 0 Å². The summed E-state index contributed by atoms with van der Waals surface area (Å²) >= 11 is 0. The summed E-state index contributed by atoms with van der Waals surface area (Å²) in [7, 11) is 0. The Morgan fingerprint density at radius 3 is 2.17 bits per heavy atom. The molecular weight excluding hydrogens is 218 g/mol. The van der Waals surface area contributed by atoms with Crippen LogP contribution >= 0.6 is 0 Å². The standard InChI is InChI=1S/C17H29N/c1-7-8-18-17(9-12(2)3)16-11-14(5)13(4)10-15(16)6/h10-12,17-18H,7-9H2,1-6H3. The summed E-state index contributed by atoms with van der Waals surface area (Å²) in [6.45, 7) is 14.6. The summed E-state index contributed by atoms with van der Waals surface area (Å²) in [4.78, 5) is 0. The van der Waals surface area contributed by atoms with Gasteiger partial charge in [0.25, 0.3) is 0 Å². The van der Waals surface area contributed by atoms with Crippen LogP contribution in [0.1, 0.15) is 61.9 Å². The quantitative estimate of drug-likeness (QED) is 0.768. The average molecular weight is 247 g/mol. The van der Waals surface area contributed by atoms with Gasteiger partial charge < -0.3 is 5.32 Å². The zero-order chi connectivity index (χ0) is 13.7. The lowest BCUT2D eigenvalue weighted by molar-refractivity contribution is 0.429. The van der Waals surface area contributed by atoms with E-state index in [0.717, 1.165) is 12.5 Å². The molecule has 1 nitrogen and oxygen atoms in total. The predicted molar refractivity (Wildman–Crippen MR) is 81.1 cm³/mol. The minimum absolute atomic E-state index is 0.504. The molecular formula is C17H29N. The second kappa shape index (κ2) is 6.94. The van der Waals surface area contributed by atoms with E-state index in [-0.39, 0.29) is 0 Å².